The summed E-state index contributed by atoms with van der Waals surface area (Å²) in [6, 6.07) is 10.1. The van der Waals surface area contributed by atoms with Gasteiger partial charge in [-0.05, 0) is 18.4 Å². The molecule has 1 nitrogen and oxygen atoms in total. The number of rotatable bonds is 3. The third-order valence-electron chi connectivity index (χ3n) is 3.83. The molecule has 0 spiro atoms. The quantitative estimate of drug-likeness (QED) is 0.721. The van der Waals surface area contributed by atoms with Gasteiger partial charge < -0.3 is 0 Å². The maximum absolute atomic E-state index is 12.4. The fraction of sp³-hybridized carbons (Fsp3) is 0.438. The van der Waals surface area contributed by atoms with E-state index in [0.29, 0.717) is 0 Å². The second kappa shape index (κ2) is 5.19. The summed E-state index contributed by atoms with van der Waals surface area (Å²) in [5, 5.41) is 0. The normalized spacial score (nSPS) is 18.3. The van der Waals surface area contributed by atoms with Crippen molar-refractivity contribution in [2.75, 3.05) is 0 Å². The van der Waals surface area contributed by atoms with Gasteiger partial charge in [-0.2, -0.15) is 0 Å². The molecule has 0 aromatic heterocycles. The maximum Gasteiger partial charge on any atom is 0.155 e. The molecular formula is C16H18O. The molecule has 17 heavy (non-hydrogen) atoms. The summed E-state index contributed by atoms with van der Waals surface area (Å²) in [6.07, 6.45) is 11.0. The van der Waals surface area contributed by atoms with Crippen LogP contribution in [0.5, 0.6) is 0 Å². The largest absolute Gasteiger partial charge is 0.298 e. The first-order valence-electron chi connectivity index (χ1n) is 6.32. The number of Topliss-reactive ketones (excluding diaryl/α,β-unsaturated/α-hetero) is 1. The van der Waals surface area contributed by atoms with E-state index in [1.54, 1.807) is 0 Å². The van der Waals surface area contributed by atoms with E-state index in [4.69, 9.17) is 6.42 Å². The van der Waals surface area contributed by atoms with Crippen LogP contribution in [0.1, 0.15) is 44.1 Å². The van der Waals surface area contributed by atoms with Gasteiger partial charge >= 0.3 is 0 Å². The lowest BCUT2D eigenvalue weighted by atomic mass is 9.66. The Bertz CT molecular complexity index is 419. The molecule has 0 aliphatic heterocycles. The second-order valence-corrected chi connectivity index (χ2v) is 4.81. The molecule has 0 unspecified atom stereocenters. The lowest BCUT2D eigenvalue weighted by Gasteiger charge is -2.36. The zero-order valence-corrected chi connectivity index (χ0v) is 10.1. The van der Waals surface area contributed by atoms with E-state index in [2.05, 4.69) is 18.1 Å². The first kappa shape index (κ1) is 11.9. The number of hydrogen-bond acceptors (Lipinski definition) is 1. The molecule has 1 aliphatic carbocycles. The first-order valence-corrected chi connectivity index (χ1v) is 6.32. The van der Waals surface area contributed by atoms with Gasteiger partial charge in [0.2, 0.25) is 0 Å². The van der Waals surface area contributed by atoms with Crippen LogP contribution in [0.2, 0.25) is 0 Å². The summed E-state index contributed by atoms with van der Waals surface area (Å²) >= 11 is 0. The van der Waals surface area contributed by atoms with E-state index in [1.165, 1.54) is 6.42 Å². The summed E-state index contributed by atoms with van der Waals surface area (Å²) in [4.78, 5) is 12.4. The fourth-order valence-corrected chi connectivity index (χ4v) is 2.90. The molecule has 0 amide bonds. The van der Waals surface area contributed by atoms with Crippen molar-refractivity contribution in [3.05, 3.63) is 35.9 Å². The van der Waals surface area contributed by atoms with E-state index in [9.17, 15) is 4.79 Å². The van der Waals surface area contributed by atoms with Crippen molar-refractivity contribution >= 4 is 5.78 Å². The zero-order valence-electron chi connectivity index (χ0n) is 10.1. The van der Waals surface area contributed by atoms with Crippen molar-refractivity contribution in [1.82, 2.24) is 0 Å². The molecule has 1 aromatic rings. The minimum atomic E-state index is -0.300. The average Bonchev–Trinajstić information content (AvgIpc) is 2.41. The Morgan fingerprint density at radius 2 is 1.82 bits per heavy atom. The van der Waals surface area contributed by atoms with Crippen LogP contribution < -0.4 is 0 Å². The van der Waals surface area contributed by atoms with Crippen molar-refractivity contribution in [2.24, 2.45) is 0 Å². The molecule has 2 rings (SSSR count). The van der Waals surface area contributed by atoms with Gasteiger partial charge in [-0.15, -0.1) is 6.42 Å². The average molecular weight is 226 g/mol. The molecule has 0 bridgehead atoms. The van der Waals surface area contributed by atoms with Crippen molar-refractivity contribution in [3.8, 4) is 12.3 Å². The molecule has 0 heterocycles. The van der Waals surface area contributed by atoms with Gasteiger partial charge in [0, 0.05) is 0 Å². The predicted octanol–water partition coefficient (Wildman–Crippen LogP) is 3.48. The number of hydrogen-bond donors (Lipinski definition) is 0. The first-order chi connectivity index (χ1) is 8.29. The van der Waals surface area contributed by atoms with Gasteiger partial charge in [0.25, 0.3) is 0 Å². The van der Waals surface area contributed by atoms with Gasteiger partial charge in [-0.25, -0.2) is 0 Å². The Balaban J connectivity index is 2.37. The van der Waals surface area contributed by atoms with E-state index < -0.39 is 0 Å². The summed E-state index contributed by atoms with van der Waals surface area (Å²) in [7, 11) is 0. The molecule has 1 fully saturated rings. The molecule has 1 aromatic carbocycles. The third kappa shape index (κ3) is 2.26. The maximum atomic E-state index is 12.4. The summed E-state index contributed by atoms with van der Waals surface area (Å²) in [6.45, 7) is 0. The van der Waals surface area contributed by atoms with Gasteiger partial charge in [-0.3, -0.25) is 4.79 Å². The van der Waals surface area contributed by atoms with Crippen LogP contribution in [0.25, 0.3) is 0 Å². The number of terminal acetylenes is 1. The molecule has 88 valence electrons. The molecule has 1 aliphatic rings. The number of carbonyl (C=O) groups excluding carboxylic acids is 1. The van der Waals surface area contributed by atoms with Crippen LogP contribution in [-0.2, 0) is 10.2 Å². The number of carbonyl (C=O) groups is 1. The highest BCUT2D eigenvalue weighted by Gasteiger charge is 2.39. The van der Waals surface area contributed by atoms with Crippen molar-refractivity contribution in [2.45, 2.75) is 43.9 Å². The summed E-state index contributed by atoms with van der Waals surface area (Å²) < 4.78 is 0. The fourth-order valence-electron chi connectivity index (χ4n) is 2.90. The van der Waals surface area contributed by atoms with Crippen LogP contribution in [-0.4, -0.2) is 5.78 Å². The summed E-state index contributed by atoms with van der Waals surface area (Å²) in [5.74, 6) is 2.74. The third-order valence-corrected chi connectivity index (χ3v) is 3.83. The van der Waals surface area contributed by atoms with Gasteiger partial charge in [0.15, 0.2) is 5.78 Å². The van der Waals surface area contributed by atoms with E-state index in [1.807, 2.05) is 18.2 Å². The molecule has 1 saturated carbocycles. The highest BCUT2D eigenvalue weighted by atomic mass is 16.1. The molecule has 0 N–H and O–H groups in total. The zero-order chi connectivity index (χ0) is 12.1. The van der Waals surface area contributed by atoms with Gasteiger partial charge in [0.05, 0.1) is 11.8 Å². The molecule has 0 radical (unpaired) electrons. The van der Waals surface area contributed by atoms with E-state index in [0.717, 1.165) is 31.2 Å². The Hall–Kier alpha value is -1.55. The van der Waals surface area contributed by atoms with Crippen LogP contribution in [0.4, 0.5) is 0 Å². The van der Waals surface area contributed by atoms with Gasteiger partial charge in [0.1, 0.15) is 0 Å². The SMILES string of the molecule is C#CCC(=O)C1(c2ccccc2)CCCCC1. The second-order valence-electron chi connectivity index (χ2n) is 4.81. The topological polar surface area (TPSA) is 17.1 Å². The minimum Gasteiger partial charge on any atom is -0.298 e. The number of benzene rings is 1. The minimum absolute atomic E-state index is 0.228. The monoisotopic (exact) mass is 226 g/mol. The lowest BCUT2D eigenvalue weighted by Crippen LogP contribution is -2.37. The predicted molar refractivity (Wildman–Crippen MR) is 69.7 cm³/mol. The molecule has 0 atom stereocenters. The van der Waals surface area contributed by atoms with Crippen molar-refractivity contribution in [1.29, 1.82) is 0 Å². The Kier molecular flexibility index (Phi) is 3.64. The van der Waals surface area contributed by atoms with Crippen LogP contribution in [0.15, 0.2) is 30.3 Å². The Morgan fingerprint density at radius 1 is 1.18 bits per heavy atom. The lowest BCUT2D eigenvalue weighted by molar-refractivity contribution is -0.124. The van der Waals surface area contributed by atoms with Crippen LogP contribution in [0.3, 0.4) is 0 Å². The van der Waals surface area contributed by atoms with Gasteiger partial charge in [-0.1, -0.05) is 55.5 Å². The highest BCUT2D eigenvalue weighted by molar-refractivity contribution is 5.91. The summed E-state index contributed by atoms with van der Waals surface area (Å²) in [5.41, 5.74) is 0.853. The van der Waals surface area contributed by atoms with Crippen molar-refractivity contribution < 1.29 is 4.79 Å². The number of ketones is 1. The Morgan fingerprint density at radius 3 is 2.41 bits per heavy atom. The Labute approximate surface area is 103 Å². The highest BCUT2D eigenvalue weighted by Crippen LogP contribution is 2.40. The van der Waals surface area contributed by atoms with Crippen LogP contribution in [0, 0.1) is 12.3 Å². The van der Waals surface area contributed by atoms with Crippen LogP contribution >= 0.6 is 0 Å². The molecule has 1 heteroatoms. The standard InChI is InChI=1S/C16H18O/c1-2-9-15(17)16(12-7-4-8-13-16)14-10-5-3-6-11-14/h1,3,5-6,10-11H,4,7-9,12-13H2. The smallest absolute Gasteiger partial charge is 0.155 e. The molecule has 0 saturated heterocycles. The van der Waals surface area contributed by atoms with E-state index in [-0.39, 0.29) is 17.6 Å². The molecular weight excluding hydrogens is 208 g/mol. The van der Waals surface area contributed by atoms with Crippen molar-refractivity contribution in [3.63, 3.8) is 0 Å². The van der Waals surface area contributed by atoms with E-state index >= 15 is 0 Å².